The molecule has 1 saturated carbocycles. The summed E-state index contributed by atoms with van der Waals surface area (Å²) in [6.45, 7) is 0.438. The molecule has 0 radical (unpaired) electrons. The molecule has 86 valence electrons. The molecule has 1 aromatic carbocycles. The minimum absolute atomic E-state index is 0.0824. The third-order valence-electron chi connectivity index (χ3n) is 2.44. The summed E-state index contributed by atoms with van der Waals surface area (Å²) in [6, 6.07) is 7.07. The van der Waals surface area contributed by atoms with Crippen molar-refractivity contribution in [3.05, 3.63) is 24.3 Å². The number of esters is 1. The van der Waals surface area contributed by atoms with Gasteiger partial charge in [0, 0.05) is 0 Å². The maximum atomic E-state index is 11.3. The Hall–Kier alpha value is -1.71. The summed E-state index contributed by atoms with van der Waals surface area (Å²) < 4.78 is 10.3. The van der Waals surface area contributed by atoms with Crippen LogP contribution in [0.4, 0.5) is 5.69 Å². The van der Waals surface area contributed by atoms with Crippen molar-refractivity contribution in [3.63, 3.8) is 0 Å². The Balaban J connectivity index is 1.73. The smallest absolute Gasteiger partial charge is 0.344 e. The van der Waals surface area contributed by atoms with Crippen LogP contribution in [0.5, 0.6) is 5.75 Å². The van der Waals surface area contributed by atoms with E-state index in [-0.39, 0.29) is 12.6 Å². The zero-order valence-corrected chi connectivity index (χ0v) is 9.02. The first-order chi connectivity index (χ1) is 7.75. The van der Waals surface area contributed by atoms with Gasteiger partial charge in [-0.25, -0.2) is 4.79 Å². The van der Waals surface area contributed by atoms with Crippen molar-refractivity contribution in [1.29, 1.82) is 0 Å². The number of nitrogens with two attached hydrogens (primary N) is 1. The third kappa shape index (κ3) is 3.15. The number of anilines is 1. The lowest BCUT2D eigenvalue weighted by Crippen LogP contribution is -2.16. The normalized spacial score (nSPS) is 14.5. The van der Waals surface area contributed by atoms with Gasteiger partial charge in [-0.1, -0.05) is 12.1 Å². The molecule has 0 saturated heterocycles. The Kier molecular flexibility index (Phi) is 3.29. The van der Waals surface area contributed by atoms with Crippen molar-refractivity contribution < 1.29 is 14.3 Å². The molecule has 2 N–H and O–H groups in total. The molecule has 0 aromatic heterocycles. The van der Waals surface area contributed by atoms with Gasteiger partial charge in [0.2, 0.25) is 0 Å². The van der Waals surface area contributed by atoms with Crippen molar-refractivity contribution in [3.8, 4) is 5.75 Å². The predicted octanol–water partition coefficient (Wildman–Crippen LogP) is 1.60. The first-order valence-electron chi connectivity index (χ1n) is 5.38. The molecule has 1 aliphatic carbocycles. The zero-order chi connectivity index (χ0) is 11.4. The quantitative estimate of drug-likeness (QED) is 0.606. The van der Waals surface area contributed by atoms with E-state index in [4.69, 9.17) is 15.2 Å². The maximum Gasteiger partial charge on any atom is 0.344 e. The summed E-state index contributed by atoms with van der Waals surface area (Å²) in [6.07, 6.45) is 2.33. The molecule has 4 heteroatoms. The summed E-state index contributed by atoms with van der Waals surface area (Å²) >= 11 is 0. The highest BCUT2D eigenvalue weighted by Gasteiger charge is 2.23. The topological polar surface area (TPSA) is 61.5 Å². The number of carbonyl (C=O) groups is 1. The molecule has 4 nitrogen and oxygen atoms in total. The third-order valence-corrected chi connectivity index (χ3v) is 2.44. The summed E-state index contributed by atoms with van der Waals surface area (Å²) in [5.41, 5.74) is 6.19. The number of ether oxygens (including phenoxy) is 2. The second kappa shape index (κ2) is 4.88. The van der Waals surface area contributed by atoms with Crippen LogP contribution in [-0.2, 0) is 9.53 Å². The van der Waals surface area contributed by atoms with Crippen molar-refractivity contribution in [2.24, 2.45) is 5.92 Å². The number of para-hydroxylation sites is 2. The number of nitrogen functional groups attached to an aromatic ring is 1. The number of hydrogen-bond acceptors (Lipinski definition) is 4. The fourth-order valence-corrected chi connectivity index (χ4v) is 1.29. The van der Waals surface area contributed by atoms with Gasteiger partial charge in [-0.15, -0.1) is 0 Å². The van der Waals surface area contributed by atoms with E-state index in [9.17, 15) is 4.79 Å². The van der Waals surface area contributed by atoms with E-state index in [2.05, 4.69) is 0 Å². The Morgan fingerprint density at radius 3 is 2.81 bits per heavy atom. The van der Waals surface area contributed by atoms with Crippen LogP contribution in [0.15, 0.2) is 24.3 Å². The summed E-state index contributed by atoms with van der Waals surface area (Å²) in [5.74, 6) is 0.756. The molecule has 0 heterocycles. The van der Waals surface area contributed by atoms with Crippen LogP contribution in [0.2, 0.25) is 0 Å². The SMILES string of the molecule is Nc1ccccc1OCC(=O)OCC1CC1. The van der Waals surface area contributed by atoms with E-state index in [0.29, 0.717) is 24.0 Å². The van der Waals surface area contributed by atoms with Crippen molar-refractivity contribution in [1.82, 2.24) is 0 Å². The largest absolute Gasteiger partial charge is 0.480 e. The van der Waals surface area contributed by atoms with Crippen LogP contribution in [0.1, 0.15) is 12.8 Å². The number of rotatable bonds is 5. The van der Waals surface area contributed by atoms with E-state index in [1.165, 1.54) is 12.8 Å². The van der Waals surface area contributed by atoms with Crippen molar-refractivity contribution in [2.75, 3.05) is 18.9 Å². The maximum absolute atomic E-state index is 11.3. The molecule has 0 aliphatic heterocycles. The molecule has 1 aliphatic rings. The fraction of sp³-hybridized carbons (Fsp3) is 0.417. The van der Waals surface area contributed by atoms with Gasteiger partial charge in [-0.3, -0.25) is 0 Å². The molecule has 0 bridgehead atoms. The van der Waals surface area contributed by atoms with Crippen molar-refractivity contribution in [2.45, 2.75) is 12.8 Å². The molecule has 1 aromatic rings. The predicted molar refractivity (Wildman–Crippen MR) is 60.0 cm³/mol. The number of carbonyl (C=O) groups excluding carboxylic acids is 1. The monoisotopic (exact) mass is 221 g/mol. The van der Waals surface area contributed by atoms with Gasteiger partial charge in [0.05, 0.1) is 12.3 Å². The lowest BCUT2D eigenvalue weighted by molar-refractivity contribution is -0.146. The van der Waals surface area contributed by atoms with Crippen LogP contribution >= 0.6 is 0 Å². The lowest BCUT2D eigenvalue weighted by Gasteiger charge is -2.08. The van der Waals surface area contributed by atoms with Gasteiger partial charge >= 0.3 is 5.97 Å². The first-order valence-corrected chi connectivity index (χ1v) is 5.38. The second-order valence-electron chi connectivity index (χ2n) is 3.95. The molecule has 0 spiro atoms. The molecule has 0 unspecified atom stereocenters. The van der Waals surface area contributed by atoms with Crippen LogP contribution in [0, 0.1) is 5.92 Å². The van der Waals surface area contributed by atoms with Gasteiger partial charge in [0.1, 0.15) is 5.75 Å². The standard InChI is InChI=1S/C12H15NO3/c13-10-3-1-2-4-11(10)15-8-12(14)16-7-9-5-6-9/h1-4,9H,5-8,13H2. The minimum atomic E-state index is -0.338. The van der Waals surface area contributed by atoms with Gasteiger partial charge < -0.3 is 15.2 Å². The van der Waals surface area contributed by atoms with E-state index in [1.54, 1.807) is 18.2 Å². The Bertz CT molecular complexity index is 374. The van der Waals surface area contributed by atoms with E-state index < -0.39 is 0 Å². The van der Waals surface area contributed by atoms with Crippen LogP contribution < -0.4 is 10.5 Å². The van der Waals surface area contributed by atoms with Crippen molar-refractivity contribution >= 4 is 11.7 Å². The summed E-state index contributed by atoms with van der Waals surface area (Å²) in [7, 11) is 0. The van der Waals surface area contributed by atoms with Crippen LogP contribution in [-0.4, -0.2) is 19.2 Å². The number of benzene rings is 1. The molecule has 0 amide bonds. The Labute approximate surface area is 94.3 Å². The van der Waals surface area contributed by atoms with Crippen LogP contribution in [0.25, 0.3) is 0 Å². The van der Waals surface area contributed by atoms with E-state index in [0.717, 1.165) is 0 Å². The van der Waals surface area contributed by atoms with Gasteiger partial charge in [0.25, 0.3) is 0 Å². The van der Waals surface area contributed by atoms with E-state index in [1.807, 2.05) is 6.07 Å². The molecule has 0 atom stereocenters. The minimum Gasteiger partial charge on any atom is -0.480 e. The Morgan fingerprint density at radius 1 is 1.38 bits per heavy atom. The lowest BCUT2D eigenvalue weighted by atomic mass is 10.3. The van der Waals surface area contributed by atoms with Crippen LogP contribution in [0.3, 0.4) is 0 Å². The van der Waals surface area contributed by atoms with Gasteiger partial charge in [-0.05, 0) is 30.9 Å². The highest BCUT2D eigenvalue weighted by atomic mass is 16.6. The molecule has 2 rings (SSSR count). The highest BCUT2D eigenvalue weighted by Crippen LogP contribution is 2.28. The van der Waals surface area contributed by atoms with E-state index >= 15 is 0 Å². The summed E-state index contributed by atoms with van der Waals surface area (Å²) in [4.78, 5) is 11.3. The molecule has 1 fully saturated rings. The van der Waals surface area contributed by atoms with Gasteiger partial charge in [-0.2, -0.15) is 0 Å². The average molecular weight is 221 g/mol. The summed E-state index contributed by atoms with van der Waals surface area (Å²) in [5, 5.41) is 0. The fourth-order valence-electron chi connectivity index (χ4n) is 1.29. The highest BCUT2D eigenvalue weighted by molar-refractivity contribution is 5.71. The zero-order valence-electron chi connectivity index (χ0n) is 9.02. The first kappa shape index (κ1) is 10.8. The average Bonchev–Trinajstić information content (AvgIpc) is 3.09. The van der Waals surface area contributed by atoms with Gasteiger partial charge in [0.15, 0.2) is 6.61 Å². The molecular weight excluding hydrogens is 206 g/mol. The second-order valence-corrected chi connectivity index (χ2v) is 3.95. The number of hydrogen-bond donors (Lipinski definition) is 1. The Morgan fingerprint density at radius 2 is 2.12 bits per heavy atom. The molecule has 16 heavy (non-hydrogen) atoms. The molecular formula is C12H15NO3.